The molecule has 3 atom stereocenters. The first kappa shape index (κ1) is 14.4. The Bertz CT molecular complexity index is 373. The molecule has 0 spiro atoms. The standard InChI is InChI=1S/C17H27NO/c1-13-5-3-4-6-17(13)18-14(2)7-8-15-9-11-16(19)12-10-15/h9-14,17-19H,3-8H2,1-2H3. The molecule has 0 radical (unpaired) electrons. The van der Waals surface area contributed by atoms with Crippen molar-refractivity contribution in [3.05, 3.63) is 29.8 Å². The maximum absolute atomic E-state index is 9.27. The Kier molecular flexibility index (Phi) is 5.26. The van der Waals surface area contributed by atoms with E-state index in [0.717, 1.165) is 18.8 Å². The largest absolute Gasteiger partial charge is 0.508 e. The Morgan fingerprint density at radius 1 is 1.21 bits per heavy atom. The van der Waals surface area contributed by atoms with Crippen molar-refractivity contribution in [2.45, 2.75) is 64.5 Å². The summed E-state index contributed by atoms with van der Waals surface area (Å²) in [7, 11) is 0. The van der Waals surface area contributed by atoms with Crippen molar-refractivity contribution in [2.24, 2.45) is 5.92 Å². The second-order valence-corrected chi connectivity index (χ2v) is 6.14. The third-order valence-electron chi connectivity index (χ3n) is 4.41. The van der Waals surface area contributed by atoms with Crippen molar-refractivity contribution in [3.8, 4) is 5.75 Å². The number of phenols is 1. The third-order valence-corrected chi connectivity index (χ3v) is 4.41. The lowest BCUT2D eigenvalue weighted by atomic mass is 9.85. The summed E-state index contributed by atoms with van der Waals surface area (Å²) in [5.41, 5.74) is 1.31. The monoisotopic (exact) mass is 261 g/mol. The van der Waals surface area contributed by atoms with Crippen LogP contribution in [0.15, 0.2) is 24.3 Å². The van der Waals surface area contributed by atoms with Gasteiger partial charge in [0.2, 0.25) is 0 Å². The van der Waals surface area contributed by atoms with Crippen molar-refractivity contribution >= 4 is 0 Å². The van der Waals surface area contributed by atoms with E-state index in [1.165, 1.54) is 31.2 Å². The summed E-state index contributed by atoms with van der Waals surface area (Å²) in [6.45, 7) is 4.67. The highest BCUT2D eigenvalue weighted by Gasteiger charge is 2.22. The van der Waals surface area contributed by atoms with E-state index in [2.05, 4.69) is 19.2 Å². The molecular formula is C17H27NO. The van der Waals surface area contributed by atoms with Gasteiger partial charge in [0.15, 0.2) is 0 Å². The molecule has 2 rings (SSSR count). The van der Waals surface area contributed by atoms with E-state index in [1.807, 2.05) is 12.1 Å². The van der Waals surface area contributed by atoms with Gasteiger partial charge in [-0.15, -0.1) is 0 Å². The summed E-state index contributed by atoms with van der Waals surface area (Å²) in [5.74, 6) is 1.18. The Morgan fingerprint density at radius 3 is 2.58 bits per heavy atom. The summed E-state index contributed by atoms with van der Waals surface area (Å²) in [6, 6.07) is 8.87. The van der Waals surface area contributed by atoms with Gasteiger partial charge in [0.25, 0.3) is 0 Å². The van der Waals surface area contributed by atoms with Crippen LogP contribution in [-0.4, -0.2) is 17.2 Å². The number of nitrogens with one attached hydrogen (secondary N) is 1. The van der Waals surface area contributed by atoms with Crippen molar-refractivity contribution in [2.75, 3.05) is 0 Å². The molecule has 2 N–H and O–H groups in total. The fourth-order valence-corrected chi connectivity index (χ4v) is 3.06. The van der Waals surface area contributed by atoms with Crippen molar-refractivity contribution in [3.63, 3.8) is 0 Å². The van der Waals surface area contributed by atoms with E-state index < -0.39 is 0 Å². The molecule has 1 fully saturated rings. The van der Waals surface area contributed by atoms with E-state index in [-0.39, 0.29) is 0 Å². The molecule has 0 saturated heterocycles. The lowest BCUT2D eigenvalue weighted by molar-refractivity contribution is 0.258. The predicted molar refractivity (Wildman–Crippen MR) is 80.4 cm³/mol. The van der Waals surface area contributed by atoms with Crippen LogP contribution < -0.4 is 5.32 Å². The van der Waals surface area contributed by atoms with Gasteiger partial charge >= 0.3 is 0 Å². The zero-order valence-electron chi connectivity index (χ0n) is 12.2. The summed E-state index contributed by atoms with van der Waals surface area (Å²) in [6.07, 6.45) is 7.74. The first-order chi connectivity index (χ1) is 9.15. The summed E-state index contributed by atoms with van der Waals surface area (Å²) >= 11 is 0. The average Bonchev–Trinajstić information content (AvgIpc) is 2.41. The van der Waals surface area contributed by atoms with E-state index in [9.17, 15) is 5.11 Å². The molecule has 1 saturated carbocycles. The molecule has 2 heteroatoms. The van der Waals surface area contributed by atoms with E-state index in [4.69, 9.17) is 0 Å². The first-order valence-electron chi connectivity index (χ1n) is 7.69. The van der Waals surface area contributed by atoms with Crippen LogP contribution in [0.3, 0.4) is 0 Å². The molecule has 106 valence electrons. The fraction of sp³-hybridized carbons (Fsp3) is 0.647. The summed E-state index contributed by atoms with van der Waals surface area (Å²) < 4.78 is 0. The highest BCUT2D eigenvalue weighted by atomic mass is 16.3. The number of aromatic hydroxyl groups is 1. The topological polar surface area (TPSA) is 32.3 Å². The fourth-order valence-electron chi connectivity index (χ4n) is 3.06. The van der Waals surface area contributed by atoms with Crippen molar-refractivity contribution in [1.82, 2.24) is 5.32 Å². The van der Waals surface area contributed by atoms with Crippen molar-refractivity contribution < 1.29 is 5.11 Å². The second-order valence-electron chi connectivity index (χ2n) is 6.14. The number of phenolic OH excluding ortho intramolecular Hbond substituents is 1. The minimum Gasteiger partial charge on any atom is -0.508 e. The molecule has 1 aromatic carbocycles. The zero-order chi connectivity index (χ0) is 13.7. The van der Waals surface area contributed by atoms with Gasteiger partial charge in [0.1, 0.15) is 5.75 Å². The molecule has 1 aliphatic carbocycles. The first-order valence-corrected chi connectivity index (χ1v) is 7.69. The van der Waals surface area contributed by atoms with E-state index in [0.29, 0.717) is 17.8 Å². The number of benzene rings is 1. The van der Waals surface area contributed by atoms with Crippen LogP contribution >= 0.6 is 0 Å². The molecule has 0 aliphatic heterocycles. The molecule has 0 heterocycles. The highest BCUT2D eigenvalue weighted by Crippen LogP contribution is 2.24. The number of aryl methyl sites for hydroxylation is 1. The summed E-state index contributed by atoms with van der Waals surface area (Å²) in [5, 5.41) is 13.1. The third kappa shape index (κ3) is 4.54. The molecular weight excluding hydrogens is 234 g/mol. The molecule has 2 nitrogen and oxygen atoms in total. The maximum atomic E-state index is 9.27. The van der Waals surface area contributed by atoms with Gasteiger partial charge in [0, 0.05) is 12.1 Å². The van der Waals surface area contributed by atoms with Crippen LogP contribution in [0.5, 0.6) is 5.75 Å². The lowest BCUT2D eigenvalue weighted by Gasteiger charge is -2.32. The van der Waals surface area contributed by atoms with Crippen LogP contribution in [0.25, 0.3) is 0 Å². The van der Waals surface area contributed by atoms with Gasteiger partial charge in [0.05, 0.1) is 0 Å². The van der Waals surface area contributed by atoms with Crippen molar-refractivity contribution in [1.29, 1.82) is 0 Å². The molecule has 1 aliphatic rings. The van der Waals surface area contributed by atoms with Gasteiger partial charge in [-0.05, 0) is 56.2 Å². The Hall–Kier alpha value is -1.02. The average molecular weight is 261 g/mol. The number of hydrogen-bond acceptors (Lipinski definition) is 2. The Morgan fingerprint density at radius 2 is 1.89 bits per heavy atom. The zero-order valence-corrected chi connectivity index (χ0v) is 12.2. The minimum absolute atomic E-state index is 0.353. The Balaban J connectivity index is 1.74. The van der Waals surface area contributed by atoms with Gasteiger partial charge in [-0.3, -0.25) is 0 Å². The number of rotatable bonds is 5. The molecule has 1 aromatic rings. The van der Waals surface area contributed by atoms with Gasteiger partial charge < -0.3 is 10.4 Å². The molecule has 0 aromatic heterocycles. The number of hydrogen-bond donors (Lipinski definition) is 2. The normalized spacial score (nSPS) is 25.2. The molecule has 0 amide bonds. The maximum Gasteiger partial charge on any atom is 0.115 e. The van der Waals surface area contributed by atoms with Gasteiger partial charge in [-0.1, -0.05) is 31.9 Å². The molecule has 3 unspecified atom stereocenters. The quantitative estimate of drug-likeness (QED) is 0.843. The predicted octanol–water partition coefficient (Wildman–Crippen LogP) is 3.88. The smallest absolute Gasteiger partial charge is 0.115 e. The molecule has 19 heavy (non-hydrogen) atoms. The van der Waals surface area contributed by atoms with Crippen LogP contribution in [0, 0.1) is 5.92 Å². The SMILES string of the molecule is CC(CCc1ccc(O)cc1)NC1CCCCC1C. The van der Waals surface area contributed by atoms with Crippen LogP contribution in [0.4, 0.5) is 0 Å². The summed E-state index contributed by atoms with van der Waals surface area (Å²) in [4.78, 5) is 0. The lowest BCUT2D eigenvalue weighted by Crippen LogP contribution is -2.42. The van der Waals surface area contributed by atoms with Gasteiger partial charge in [-0.2, -0.15) is 0 Å². The van der Waals surface area contributed by atoms with E-state index >= 15 is 0 Å². The Labute approximate surface area is 117 Å². The van der Waals surface area contributed by atoms with Crippen LogP contribution in [-0.2, 0) is 6.42 Å². The van der Waals surface area contributed by atoms with E-state index in [1.54, 1.807) is 12.1 Å². The minimum atomic E-state index is 0.353. The highest BCUT2D eigenvalue weighted by molar-refractivity contribution is 5.25. The van der Waals surface area contributed by atoms with Gasteiger partial charge in [-0.25, -0.2) is 0 Å². The second kappa shape index (κ2) is 6.95. The van der Waals surface area contributed by atoms with Crippen LogP contribution in [0.2, 0.25) is 0 Å². The van der Waals surface area contributed by atoms with Crippen LogP contribution in [0.1, 0.15) is 51.5 Å². The molecule has 0 bridgehead atoms.